The Bertz CT molecular complexity index is 861. The highest BCUT2D eigenvalue weighted by Crippen LogP contribution is 2.38. The maximum absolute atomic E-state index is 13.4. The number of rotatable bonds is 7. The SMILES string of the molecule is COCC(=O)N(CC(=O)N1CCc2sccc2[C@@H]1c1ccccc1C)CC(C)C. The number of carbonyl (C=O) groups is 2. The van der Waals surface area contributed by atoms with Crippen molar-refractivity contribution in [3.8, 4) is 0 Å². The van der Waals surface area contributed by atoms with Gasteiger partial charge in [0, 0.05) is 25.1 Å². The van der Waals surface area contributed by atoms with E-state index in [4.69, 9.17) is 4.74 Å². The summed E-state index contributed by atoms with van der Waals surface area (Å²) in [5.41, 5.74) is 3.53. The second-order valence-corrected chi connectivity index (χ2v) is 9.00. The van der Waals surface area contributed by atoms with Crippen molar-refractivity contribution in [3.05, 3.63) is 57.3 Å². The molecule has 1 aliphatic rings. The summed E-state index contributed by atoms with van der Waals surface area (Å²) in [5, 5.41) is 2.11. The van der Waals surface area contributed by atoms with Crippen LogP contribution in [0.3, 0.4) is 0 Å². The standard InChI is InChI=1S/C23H30N2O3S/c1-16(2)13-24(22(27)15-28-4)14-21(26)25-11-9-20-19(10-12-29-20)23(25)18-8-6-5-7-17(18)3/h5-8,10,12,16,23H,9,11,13-15H2,1-4H3/t23-/m0/s1. The molecule has 0 N–H and O–H groups in total. The molecular formula is C23H30N2O3S. The van der Waals surface area contributed by atoms with E-state index in [2.05, 4.69) is 30.5 Å². The zero-order valence-corrected chi connectivity index (χ0v) is 18.5. The number of benzene rings is 1. The van der Waals surface area contributed by atoms with E-state index >= 15 is 0 Å². The number of nitrogens with zero attached hydrogens (tertiary/aromatic N) is 2. The van der Waals surface area contributed by atoms with Crippen molar-refractivity contribution in [1.82, 2.24) is 9.80 Å². The number of amides is 2. The van der Waals surface area contributed by atoms with Crippen LogP contribution >= 0.6 is 11.3 Å². The molecule has 2 heterocycles. The van der Waals surface area contributed by atoms with Gasteiger partial charge < -0.3 is 14.5 Å². The van der Waals surface area contributed by atoms with Crippen molar-refractivity contribution < 1.29 is 14.3 Å². The van der Waals surface area contributed by atoms with Gasteiger partial charge in [0.15, 0.2) is 0 Å². The fourth-order valence-corrected chi connectivity index (χ4v) is 4.88. The average Bonchev–Trinajstić information content (AvgIpc) is 3.16. The molecule has 1 aliphatic heterocycles. The number of fused-ring (bicyclic) bond motifs is 1. The Morgan fingerprint density at radius 1 is 1.24 bits per heavy atom. The summed E-state index contributed by atoms with van der Waals surface area (Å²) in [7, 11) is 1.50. The van der Waals surface area contributed by atoms with Gasteiger partial charge in [-0.05, 0) is 47.4 Å². The molecule has 0 spiro atoms. The van der Waals surface area contributed by atoms with Gasteiger partial charge in [0.25, 0.3) is 0 Å². The van der Waals surface area contributed by atoms with Gasteiger partial charge in [0.2, 0.25) is 11.8 Å². The first kappa shape index (κ1) is 21.5. The van der Waals surface area contributed by atoms with Crippen LogP contribution in [0.5, 0.6) is 0 Å². The highest BCUT2D eigenvalue weighted by molar-refractivity contribution is 7.10. The number of aryl methyl sites for hydroxylation is 1. The second kappa shape index (κ2) is 9.55. The Morgan fingerprint density at radius 2 is 2.00 bits per heavy atom. The fraction of sp³-hybridized carbons (Fsp3) is 0.478. The molecule has 1 aromatic carbocycles. The lowest BCUT2D eigenvalue weighted by atomic mass is 9.90. The number of hydrogen-bond acceptors (Lipinski definition) is 4. The van der Waals surface area contributed by atoms with E-state index in [0.29, 0.717) is 13.1 Å². The van der Waals surface area contributed by atoms with E-state index in [1.54, 1.807) is 16.2 Å². The molecule has 2 aromatic rings. The van der Waals surface area contributed by atoms with Gasteiger partial charge in [-0.2, -0.15) is 0 Å². The van der Waals surface area contributed by atoms with E-state index in [9.17, 15) is 9.59 Å². The van der Waals surface area contributed by atoms with E-state index in [0.717, 1.165) is 12.0 Å². The molecule has 0 aliphatic carbocycles. The topological polar surface area (TPSA) is 49.9 Å². The zero-order valence-electron chi connectivity index (χ0n) is 17.7. The van der Waals surface area contributed by atoms with Crippen LogP contribution in [0, 0.1) is 12.8 Å². The van der Waals surface area contributed by atoms with Crippen LogP contribution in [-0.4, -0.2) is 55.0 Å². The predicted molar refractivity (Wildman–Crippen MR) is 116 cm³/mol. The largest absolute Gasteiger partial charge is 0.375 e. The minimum absolute atomic E-state index is 0.00407. The van der Waals surface area contributed by atoms with E-state index < -0.39 is 0 Å². The molecule has 0 radical (unpaired) electrons. The van der Waals surface area contributed by atoms with Gasteiger partial charge in [-0.25, -0.2) is 0 Å². The van der Waals surface area contributed by atoms with Crippen molar-refractivity contribution in [3.63, 3.8) is 0 Å². The molecule has 0 saturated heterocycles. The third kappa shape index (κ3) is 4.87. The third-order valence-corrected chi connectivity index (χ3v) is 6.30. The summed E-state index contributed by atoms with van der Waals surface area (Å²) in [6.45, 7) is 7.47. The van der Waals surface area contributed by atoms with Crippen LogP contribution in [-0.2, 0) is 20.7 Å². The third-order valence-electron chi connectivity index (χ3n) is 5.30. The van der Waals surface area contributed by atoms with E-state index in [-0.39, 0.29) is 36.9 Å². The van der Waals surface area contributed by atoms with Crippen molar-refractivity contribution in [2.24, 2.45) is 5.92 Å². The molecule has 6 heteroatoms. The molecule has 5 nitrogen and oxygen atoms in total. The Kier molecular flexibility index (Phi) is 7.09. The molecule has 0 unspecified atom stereocenters. The number of hydrogen-bond donors (Lipinski definition) is 0. The predicted octanol–water partition coefficient (Wildman–Crippen LogP) is 3.66. The average molecular weight is 415 g/mol. The Balaban J connectivity index is 1.90. The van der Waals surface area contributed by atoms with E-state index in [1.165, 1.54) is 23.1 Å². The summed E-state index contributed by atoms with van der Waals surface area (Å²) in [5.74, 6) is 0.121. The molecule has 1 aromatic heterocycles. The minimum Gasteiger partial charge on any atom is -0.375 e. The van der Waals surface area contributed by atoms with Gasteiger partial charge in [0.1, 0.15) is 6.61 Å². The van der Waals surface area contributed by atoms with Crippen molar-refractivity contribution >= 4 is 23.2 Å². The molecule has 1 atom stereocenters. The summed E-state index contributed by atoms with van der Waals surface area (Å²) in [4.78, 5) is 30.8. The number of methoxy groups -OCH3 is 1. The van der Waals surface area contributed by atoms with Crippen molar-refractivity contribution in [2.75, 3.05) is 33.4 Å². The Labute approximate surface area is 177 Å². The number of carbonyl (C=O) groups excluding carboxylic acids is 2. The smallest absolute Gasteiger partial charge is 0.249 e. The lowest BCUT2D eigenvalue weighted by Gasteiger charge is -2.38. The molecule has 0 bridgehead atoms. The first-order chi connectivity index (χ1) is 13.9. The second-order valence-electron chi connectivity index (χ2n) is 8.00. The number of thiophene rings is 1. The van der Waals surface area contributed by atoms with Gasteiger partial charge in [-0.3, -0.25) is 9.59 Å². The normalized spacial score (nSPS) is 16.0. The van der Waals surface area contributed by atoms with Gasteiger partial charge >= 0.3 is 0 Å². The van der Waals surface area contributed by atoms with Gasteiger partial charge in [0.05, 0.1) is 12.6 Å². The van der Waals surface area contributed by atoms with Gasteiger partial charge in [-0.1, -0.05) is 38.1 Å². The molecule has 2 amide bonds. The van der Waals surface area contributed by atoms with Crippen LogP contribution in [0.25, 0.3) is 0 Å². The zero-order chi connectivity index (χ0) is 21.0. The molecule has 0 saturated carbocycles. The first-order valence-corrected chi connectivity index (χ1v) is 11.0. The summed E-state index contributed by atoms with van der Waals surface area (Å²) in [6, 6.07) is 10.3. The summed E-state index contributed by atoms with van der Waals surface area (Å²) >= 11 is 1.76. The lowest BCUT2D eigenvalue weighted by Crippen LogP contribution is -2.48. The molecule has 156 valence electrons. The maximum atomic E-state index is 13.4. The highest BCUT2D eigenvalue weighted by Gasteiger charge is 2.34. The molecular weight excluding hydrogens is 384 g/mol. The quantitative estimate of drug-likeness (QED) is 0.695. The van der Waals surface area contributed by atoms with Crippen LogP contribution in [0.15, 0.2) is 35.7 Å². The monoisotopic (exact) mass is 414 g/mol. The molecule has 3 rings (SSSR count). The number of ether oxygens (including phenoxy) is 1. The van der Waals surface area contributed by atoms with E-state index in [1.807, 2.05) is 30.9 Å². The van der Waals surface area contributed by atoms with Crippen LogP contribution < -0.4 is 0 Å². The Morgan fingerprint density at radius 3 is 2.69 bits per heavy atom. The molecule has 0 fully saturated rings. The van der Waals surface area contributed by atoms with Crippen LogP contribution in [0.2, 0.25) is 0 Å². The van der Waals surface area contributed by atoms with Crippen molar-refractivity contribution in [1.29, 1.82) is 0 Å². The summed E-state index contributed by atoms with van der Waals surface area (Å²) in [6.07, 6.45) is 0.858. The van der Waals surface area contributed by atoms with Crippen LogP contribution in [0.1, 0.15) is 41.5 Å². The highest BCUT2D eigenvalue weighted by atomic mass is 32.1. The summed E-state index contributed by atoms with van der Waals surface area (Å²) < 4.78 is 5.02. The minimum atomic E-state index is -0.143. The fourth-order valence-electron chi connectivity index (χ4n) is 3.98. The van der Waals surface area contributed by atoms with Crippen molar-refractivity contribution in [2.45, 2.75) is 33.2 Å². The van der Waals surface area contributed by atoms with Crippen LogP contribution in [0.4, 0.5) is 0 Å². The lowest BCUT2D eigenvalue weighted by molar-refractivity contribution is -0.144. The van der Waals surface area contributed by atoms with Gasteiger partial charge in [-0.15, -0.1) is 11.3 Å². The first-order valence-electron chi connectivity index (χ1n) is 10.1. The molecule has 29 heavy (non-hydrogen) atoms. The maximum Gasteiger partial charge on any atom is 0.249 e. The Hall–Kier alpha value is -2.18.